The Bertz CT molecular complexity index is 902. The molecule has 9 heteroatoms. The summed E-state index contributed by atoms with van der Waals surface area (Å²) >= 11 is 0. The Morgan fingerprint density at radius 1 is 1.15 bits per heavy atom. The molecule has 0 atom stereocenters. The number of hydrogen-bond acceptors (Lipinski definition) is 5. The van der Waals surface area contributed by atoms with E-state index in [4.69, 9.17) is 9.47 Å². The Morgan fingerprint density at radius 2 is 1.88 bits per heavy atom. The molecule has 1 N–H and O–H groups in total. The predicted octanol–water partition coefficient (Wildman–Crippen LogP) is 2.10. The molecule has 26 heavy (non-hydrogen) atoms. The molecule has 0 aliphatic carbocycles. The fraction of sp³-hybridized carbons (Fsp3) is 0.235. The summed E-state index contributed by atoms with van der Waals surface area (Å²) in [7, 11) is -0.0210. The lowest BCUT2D eigenvalue weighted by molar-refractivity contribution is -0.116. The zero-order chi connectivity index (χ0) is 19.3. The molecule has 1 amide bonds. The van der Waals surface area contributed by atoms with Crippen molar-refractivity contribution in [1.82, 2.24) is 4.31 Å². The molecule has 0 unspecified atom stereocenters. The summed E-state index contributed by atoms with van der Waals surface area (Å²) in [5, 5.41) is 2.58. The van der Waals surface area contributed by atoms with Crippen LogP contribution >= 0.6 is 0 Å². The summed E-state index contributed by atoms with van der Waals surface area (Å²) in [5.74, 6) is -0.860. The molecule has 0 saturated heterocycles. The Labute approximate surface area is 151 Å². The molecular weight excluding hydrogens is 363 g/mol. The molecule has 2 rings (SSSR count). The zero-order valence-corrected chi connectivity index (χ0v) is 15.3. The normalized spacial score (nSPS) is 11.3. The smallest absolute Gasteiger partial charge is 0.243 e. The van der Waals surface area contributed by atoms with Gasteiger partial charge in [0.15, 0.2) is 11.6 Å². The number of ether oxygens (including phenoxy) is 2. The van der Waals surface area contributed by atoms with Crippen LogP contribution in [0.1, 0.15) is 0 Å². The van der Waals surface area contributed by atoms with Crippen LogP contribution in [0.2, 0.25) is 0 Å². The summed E-state index contributed by atoms with van der Waals surface area (Å²) in [6.07, 6.45) is 0. The van der Waals surface area contributed by atoms with Crippen LogP contribution in [0, 0.1) is 5.82 Å². The topological polar surface area (TPSA) is 84.9 Å². The number of halogens is 1. The molecule has 2 aromatic rings. The second-order valence-corrected chi connectivity index (χ2v) is 7.38. The van der Waals surface area contributed by atoms with E-state index in [0.717, 1.165) is 10.4 Å². The second kappa shape index (κ2) is 8.15. The highest BCUT2D eigenvalue weighted by Crippen LogP contribution is 2.22. The van der Waals surface area contributed by atoms with Crippen molar-refractivity contribution in [2.45, 2.75) is 4.90 Å². The van der Waals surface area contributed by atoms with E-state index in [1.165, 1.54) is 33.4 Å². The maximum Gasteiger partial charge on any atom is 0.243 e. The Hall–Kier alpha value is -2.65. The lowest BCUT2D eigenvalue weighted by atomic mass is 10.3. The van der Waals surface area contributed by atoms with Crippen molar-refractivity contribution in [2.75, 3.05) is 33.1 Å². The standard InChI is InChI=1S/C17H19FN2O5S/c1-20(11-17(21)19-12-5-4-6-13(9-12)24-2)26(22,23)14-7-8-16(25-3)15(18)10-14/h4-10H,11H2,1-3H3,(H,19,21). The minimum atomic E-state index is -4.03. The van der Waals surface area contributed by atoms with Crippen LogP contribution < -0.4 is 14.8 Å². The summed E-state index contributed by atoms with van der Waals surface area (Å²) in [4.78, 5) is 11.8. The van der Waals surface area contributed by atoms with Crippen molar-refractivity contribution in [1.29, 1.82) is 0 Å². The Kier molecular flexibility index (Phi) is 6.17. The number of carbonyl (C=O) groups is 1. The lowest BCUT2D eigenvalue weighted by Crippen LogP contribution is -2.35. The highest BCUT2D eigenvalue weighted by atomic mass is 32.2. The average Bonchev–Trinajstić information content (AvgIpc) is 2.61. The van der Waals surface area contributed by atoms with Crippen LogP contribution in [0.5, 0.6) is 11.5 Å². The molecule has 2 aromatic carbocycles. The number of sulfonamides is 1. The summed E-state index contributed by atoms with van der Waals surface area (Å²) in [6.45, 7) is -0.437. The number of methoxy groups -OCH3 is 2. The molecule has 7 nitrogen and oxygen atoms in total. The van der Waals surface area contributed by atoms with Crippen molar-refractivity contribution in [3.8, 4) is 11.5 Å². The first-order chi connectivity index (χ1) is 12.3. The molecule has 0 heterocycles. The number of likely N-dealkylation sites (N-methyl/N-ethyl adjacent to an activating group) is 1. The third-order valence-electron chi connectivity index (χ3n) is 3.55. The van der Waals surface area contributed by atoms with Crippen LogP contribution in [-0.2, 0) is 14.8 Å². The zero-order valence-electron chi connectivity index (χ0n) is 14.5. The number of hydrogen-bond donors (Lipinski definition) is 1. The second-order valence-electron chi connectivity index (χ2n) is 5.34. The van der Waals surface area contributed by atoms with Gasteiger partial charge in [-0.25, -0.2) is 12.8 Å². The largest absolute Gasteiger partial charge is 0.497 e. The number of nitrogens with one attached hydrogen (secondary N) is 1. The maximum atomic E-state index is 13.8. The van der Waals surface area contributed by atoms with E-state index in [0.29, 0.717) is 11.4 Å². The van der Waals surface area contributed by atoms with Gasteiger partial charge in [0.2, 0.25) is 15.9 Å². The van der Waals surface area contributed by atoms with E-state index < -0.39 is 28.3 Å². The summed E-state index contributed by atoms with van der Waals surface area (Å²) in [5.41, 5.74) is 0.468. The molecule has 0 aliphatic rings. The molecular formula is C17H19FN2O5S. The van der Waals surface area contributed by atoms with Crippen molar-refractivity contribution in [3.05, 3.63) is 48.3 Å². The minimum absolute atomic E-state index is 0.0672. The van der Waals surface area contributed by atoms with Crippen molar-refractivity contribution in [2.24, 2.45) is 0 Å². The van der Waals surface area contributed by atoms with Gasteiger partial charge in [-0.2, -0.15) is 4.31 Å². The van der Waals surface area contributed by atoms with Crippen molar-refractivity contribution < 1.29 is 27.1 Å². The quantitative estimate of drug-likeness (QED) is 0.793. The number of rotatable bonds is 7. The van der Waals surface area contributed by atoms with E-state index in [2.05, 4.69) is 5.32 Å². The molecule has 0 saturated carbocycles. The molecule has 0 bridgehead atoms. The van der Waals surface area contributed by atoms with Crippen molar-refractivity contribution in [3.63, 3.8) is 0 Å². The third kappa shape index (κ3) is 4.50. The Morgan fingerprint density at radius 3 is 2.50 bits per heavy atom. The molecule has 0 spiro atoms. The fourth-order valence-electron chi connectivity index (χ4n) is 2.18. The molecule has 0 aliphatic heterocycles. The van der Waals surface area contributed by atoms with E-state index in [1.807, 2.05) is 0 Å². The lowest BCUT2D eigenvalue weighted by Gasteiger charge is -2.17. The SMILES string of the molecule is COc1cccc(NC(=O)CN(C)S(=O)(=O)c2ccc(OC)c(F)c2)c1. The summed E-state index contributed by atoms with van der Waals surface area (Å²) < 4.78 is 49.4. The van der Waals surface area contributed by atoms with Gasteiger partial charge in [0, 0.05) is 18.8 Å². The van der Waals surface area contributed by atoms with Crippen molar-refractivity contribution >= 4 is 21.6 Å². The van der Waals surface area contributed by atoms with Gasteiger partial charge in [-0.15, -0.1) is 0 Å². The van der Waals surface area contributed by atoms with Gasteiger partial charge < -0.3 is 14.8 Å². The first kappa shape index (κ1) is 19.7. The van der Waals surface area contributed by atoms with Gasteiger partial charge in [-0.1, -0.05) is 6.07 Å². The fourth-order valence-corrected chi connectivity index (χ4v) is 3.32. The highest BCUT2D eigenvalue weighted by Gasteiger charge is 2.24. The molecule has 0 radical (unpaired) electrons. The van der Waals surface area contributed by atoms with Crippen LogP contribution in [0.3, 0.4) is 0 Å². The van der Waals surface area contributed by atoms with Crippen LogP contribution in [-0.4, -0.2) is 46.4 Å². The van der Waals surface area contributed by atoms with E-state index in [-0.39, 0.29) is 10.6 Å². The van der Waals surface area contributed by atoms with E-state index in [1.54, 1.807) is 24.3 Å². The van der Waals surface area contributed by atoms with Gasteiger partial charge in [0.1, 0.15) is 5.75 Å². The number of benzene rings is 2. The van der Waals surface area contributed by atoms with Gasteiger partial charge in [0.05, 0.1) is 25.7 Å². The van der Waals surface area contributed by atoms with Gasteiger partial charge in [-0.3, -0.25) is 4.79 Å². The predicted molar refractivity (Wildman–Crippen MR) is 94.4 cm³/mol. The molecule has 0 aromatic heterocycles. The number of nitrogens with zero attached hydrogens (tertiary/aromatic N) is 1. The van der Waals surface area contributed by atoms with Crippen LogP contribution in [0.25, 0.3) is 0 Å². The monoisotopic (exact) mass is 382 g/mol. The molecule has 0 fully saturated rings. The molecule has 140 valence electrons. The Balaban J connectivity index is 2.10. The minimum Gasteiger partial charge on any atom is -0.497 e. The highest BCUT2D eigenvalue weighted by molar-refractivity contribution is 7.89. The van der Waals surface area contributed by atoms with E-state index in [9.17, 15) is 17.6 Å². The third-order valence-corrected chi connectivity index (χ3v) is 5.35. The number of anilines is 1. The van der Waals surface area contributed by atoms with Gasteiger partial charge in [-0.05, 0) is 30.3 Å². The van der Waals surface area contributed by atoms with Gasteiger partial charge in [0.25, 0.3) is 0 Å². The number of amides is 1. The van der Waals surface area contributed by atoms with Gasteiger partial charge >= 0.3 is 0 Å². The number of carbonyl (C=O) groups excluding carboxylic acids is 1. The summed E-state index contributed by atoms with van der Waals surface area (Å²) in [6, 6.07) is 9.93. The average molecular weight is 382 g/mol. The van der Waals surface area contributed by atoms with E-state index >= 15 is 0 Å². The first-order valence-electron chi connectivity index (χ1n) is 7.51. The van der Waals surface area contributed by atoms with Crippen LogP contribution in [0.15, 0.2) is 47.4 Å². The van der Waals surface area contributed by atoms with Crippen LogP contribution in [0.4, 0.5) is 10.1 Å². The first-order valence-corrected chi connectivity index (χ1v) is 8.95. The maximum absolute atomic E-state index is 13.8.